The zero-order valence-electron chi connectivity index (χ0n) is 13.4. The summed E-state index contributed by atoms with van der Waals surface area (Å²) in [6.45, 7) is 3.71. The maximum Gasteiger partial charge on any atom is 0.403 e. The Labute approximate surface area is 169 Å². The average Bonchev–Trinajstić information content (AvgIpc) is 2.92. The van der Waals surface area contributed by atoms with Gasteiger partial charge in [-0.2, -0.15) is 13.2 Å². The van der Waals surface area contributed by atoms with Crippen LogP contribution in [-0.4, -0.2) is 61.2 Å². The van der Waals surface area contributed by atoms with Crippen molar-refractivity contribution in [2.75, 3.05) is 33.2 Å². The fourth-order valence-corrected chi connectivity index (χ4v) is 3.90. The van der Waals surface area contributed by atoms with Crippen molar-refractivity contribution in [3.63, 3.8) is 0 Å². The van der Waals surface area contributed by atoms with Crippen molar-refractivity contribution in [1.82, 2.24) is 15.1 Å². The zero-order valence-corrected chi connectivity index (χ0v) is 18.2. The fourth-order valence-electron chi connectivity index (χ4n) is 2.47. The average molecular weight is 541 g/mol. The number of alkyl halides is 3. The second-order valence-corrected chi connectivity index (χ2v) is 7.89. The maximum atomic E-state index is 12.8. The van der Waals surface area contributed by atoms with Crippen LogP contribution < -0.4 is 5.32 Å². The highest BCUT2D eigenvalue weighted by Crippen LogP contribution is 2.25. The van der Waals surface area contributed by atoms with Gasteiger partial charge in [0.05, 0.1) is 10.3 Å². The van der Waals surface area contributed by atoms with Crippen molar-refractivity contribution >= 4 is 57.2 Å². The van der Waals surface area contributed by atoms with Gasteiger partial charge in [0.1, 0.15) is 6.04 Å². The van der Waals surface area contributed by atoms with E-state index in [1.54, 1.807) is 18.4 Å². The fraction of sp³-hybridized carbons (Fsp3) is 0.643. The van der Waals surface area contributed by atoms with Crippen LogP contribution in [0.2, 0.25) is 0 Å². The van der Waals surface area contributed by atoms with Gasteiger partial charge in [-0.05, 0) is 35.0 Å². The molecule has 0 saturated carbocycles. The Kier molecular flexibility index (Phi) is 8.77. The topological polar surface area (TPSA) is 30.9 Å². The quantitative estimate of drug-likeness (QED) is 0.360. The van der Waals surface area contributed by atoms with Crippen LogP contribution in [0, 0.1) is 0 Å². The van der Waals surface area contributed by atoms with Gasteiger partial charge in [0, 0.05) is 38.1 Å². The molecule has 138 valence electrons. The second-order valence-electron chi connectivity index (χ2n) is 5.35. The lowest BCUT2D eigenvalue weighted by Gasteiger charge is -2.39. The number of guanidine groups is 1. The van der Waals surface area contributed by atoms with Crippen LogP contribution in [0.15, 0.2) is 20.9 Å². The summed E-state index contributed by atoms with van der Waals surface area (Å²) in [6, 6.07) is 2.61. The number of rotatable bonds is 3. The van der Waals surface area contributed by atoms with Crippen molar-refractivity contribution in [1.29, 1.82) is 0 Å². The van der Waals surface area contributed by atoms with Crippen LogP contribution in [0.1, 0.15) is 11.8 Å². The second kappa shape index (κ2) is 9.58. The first kappa shape index (κ1) is 22.0. The molecule has 0 spiro atoms. The predicted octanol–water partition coefficient (Wildman–Crippen LogP) is 3.77. The van der Waals surface area contributed by atoms with Gasteiger partial charge in [0.15, 0.2) is 5.96 Å². The van der Waals surface area contributed by atoms with E-state index in [-0.39, 0.29) is 24.0 Å². The Morgan fingerprint density at radius 3 is 2.42 bits per heavy atom. The molecule has 0 radical (unpaired) electrons. The summed E-state index contributed by atoms with van der Waals surface area (Å²) in [5.41, 5.74) is 0. The molecule has 1 aromatic rings. The molecule has 0 amide bonds. The molecule has 1 saturated heterocycles. The van der Waals surface area contributed by atoms with Gasteiger partial charge in [0.25, 0.3) is 0 Å². The van der Waals surface area contributed by atoms with Crippen molar-refractivity contribution in [3.8, 4) is 0 Å². The summed E-state index contributed by atoms with van der Waals surface area (Å²) in [4.78, 5) is 8.88. The number of nitrogens with zero attached hydrogens (tertiary/aromatic N) is 3. The molecular weight excluding hydrogens is 520 g/mol. The molecule has 1 unspecified atom stereocenters. The van der Waals surface area contributed by atoms with Gasteiger partial charge >= 0.3 is 6.18 Å². The molecule has 0 bridgehead atoms. The summed E-state index contributed by atoms with van der Waals surface area (Å²) >= 11 is 5.06. The number of thiophene rings is 1. The Morgan fingerprint density at radius 2 is 1.96 bits per heavy atom. The number of nitrogens with one attached hydrogen (secondary N) is 1. The Hall–Kier alpha value is -0.0700. The minimum Gasteiger partial charge on any atom is -0.351 e. The number of aliphatic imine (C=N–C) groups is 1. The molecule has 2 heterocycles. The molecule has 2 rings (SSSR count). The molecule has 1 aromatic heterocycles. The molecule has 0 aliphatic carbocycles. The van der Waals surface area contributed by atoms with Crippen LogP contribution in [0.5, 0.6) is 0 Å². The minimum atomic E-state index is -4.17. The first-order valence-corrected chi connectivity index (χ1v) is 8.93. The van der Waals surface area contributed by atoms with Crippen LogP contribution >= 0.6 is 51.2 Å². The van der Waals surface area contributed by atoms with Crippen LogP contribution in [-0.2, 0) is 6.54 Å². The van der Waals surface area contributed by atoms with E-state index in [1.165, 1.54) is 16.7 Å². The van der Waals surface area contributed by atoms with E-state index in [4.69, 9.17) is 0 Å². The normalized spacial score (nSPS) is 18.2. The third-order valence-electron chi connectivity index (χ3n) is 3.90. The van der Waals surface area contributed by atoms with E-state index in [1.807, 2.05) is 17.0 Å². The third kappa shape index (κ3) is 6.03. The first-order valence-electron chi connectivity index (χ1n) is 7.32. The monoisotopic (exact) mass is 540 g/mol. The highest BCUT2D eigenvalue weighted by atomic mass is 127. The van der Waals surface area contributed by atoms with Gasteiger partial charge in [-0.25, -0.2) is 0 Å². The summed E-state index contributed by atoms with van der Waals surface area (Å²) in [5, 5.41) is 3.27. The Bertz CT molecular complexity index is 544. The molecule has 1 N–H and O–H groups in total. The SMILES string of the molecule is CN=C(NCc1ccc(Br)s1)N1CCN(C(C)C(F)(F)F)CC1.I. The van der Waals surface area contributed by atoms with E-state index in [0.717, 1.165) is 9.75 Å². The number of hydrogen-bond acceptors (Lipinski definition) is 3. The summed E-state index contributed by atoms with van der Waals surface area (Å²) < 4.78 is 39.4. The molecule has 24 heavy (non-hydrogen) atoms. The van der Waals surface area contributed by atoms with E-state index in [2.05, 4.69) is 26.2 Å². The van der Waals surface area contributed by atoms with Gasteiger partial charge in [-0.15, -0.1) is 35.3 Å². The Morgan fingerprint density at radius 1 is 1.33 bits per heavy atom. The number of piperazine rings is 1. The van der Waals surface area contributed by atoms with Gasteiger partial charge in [-0.3, -0.25) is 9.89 Å². The van der Waals surface area contributed by atoms with Crippen molar-refractivity contribution in [2.45, 2.75) is 25.7 Å². The molecule has 1 aliphatic heterocycles. The molecule has 10 heteroatoms. The molecule has 0 aromatic carbocycles. The van der Waals surface area contributed by atoms with E-state index >= 15 is 0 Å². The predicted molar refractivity (Wildman–Crippen MR) is 106 cm³/mol. The van der Waals surface area contributed by atoms with Crippen molar-refractivity contribution < 1.29 is 13.2 Å². The zero-order chi connectivity index (χ0) is 17.0. The highest BCUT2D eigenvalue weighted by Gasteiger charge is 2.41. The lowest BCUT2D eigenvalue weighted by atomic mass is 10.2. The van der Waals surface area contributed by atoms with E-state index in [0.29, 0.717) is 32.7 Å². The van der Waals surface area contributed by atoms with Crippen LogP contribution in [0.3, 0.4) is 0 Å². The molecule has 1 fully saturated rings. The van der Waals surface area contributed by atoms with Gasteiger partial charge in [0.2, 0.25) is 0 Å². The smallest absolute Gasteiger partial charge is 0.351 e. The van der Waals surface area contributed by atoms with Gasteiger partial charge < -0.3 is 10.2 Å². The van der Waals surface area contributed by atoms with Crippen LogP contribution in [0.4, 0.5) is 13.2 Å². The summed E-state index contributed by atoms with van der Waals surface area (Å²) in [5.74, 6) is 0.730. The van der Waals surface area contributed by atoms with E-state index < -0.39 is 12.2 Å². The summed E-state index contributed by atoms with van der Waals surface area (Å²) in [7, 11) is 1.69. The first-order chi connectivity index (χ1) is 10.8. The minimum absolute atomic E-state index is 0. The standard InChI is InChI=1S/C14H20BrF3N4S.HI/c1-10(14(16,17)18)21-5-7-22(8-6-21)13(19-2)20-9-11-3-4-12(15)23-11;/h3-4,10H,5-9H2,1-2H3,(H,19,20);1H. The molecular formula is C14H21BrF3IN4S. The summed E-state index contributed by atoms with van der Waals surface area (Å²) in [6.07, 6.45) is -4.17. The van der Waals surface area contributed by atoms with Crippen molar-refractivity contribution in [3.05, 3.63) is 20.8 Å². The maximum absolute atomic E-state index is 12.8. The van der Waals surface area contributed by atoms with Crippen molar-refractivity contribution in [2.24, 2.45) is 4.99 Å². The lowest BCUT2D eigenvalue weighted by Crippen LogP contribution is -2.56. The lowest BCUT2D eigenvalue weighted by molar-refractivity contribution is -0.181. The molecule has 4 nitrogen and oxygen atoms in total. The third-order valence-corrected chi connectivity index (χ3v) is 5.52. The molecule has 1 atom stereocenters. The Balaban J connectivity index is 0.00000288. The van der Waals surface area contributed by atoms with E-state index in [9.17, 15) is 13.2 Å². The largest absolute Gasteiger partial charge is 0.403 e. The van der Waals surface area contributed by atoms with Gasteiger partial charge in [-0.1, -0.05) is 0 Å². The molecule has 1 aliphatic rings. The number of halogens is 5. The highest BCUT2D eigenvalue weighted by molar-refractivity contribution is 14.0. The van der Waals surface area contributed by atoms with Crippen LogP contribution in [0.25, 0.3) is 0 Å². The number of hydrogen-bond donors (Lipinski definition) is 1.